The van der Waals surface area contributed by atoms with Gasteiger partial charge in [0.1, 0.15) is 5.76 Å². The first-order valence-corrected chi connectivity index (χ1v) is 7.35. The van der Waals surface area contributed by atoms with Crippen molar-refractivity contribution in [3.63, 3.8) is 0 Å². The Bertz CT molecular complexity index is 684. The number of likely N-dealkylation sites (tertiary alicyclic amines) is 1. The fraction of sp³-hybridized carbons (Fsp3) is 0.438. The van der Waals surface area contributed by atoms with Gasteiger partial charge in [0.05, 0.1) is 17.4 Å². The molecule has 1 aliphatic rings. The van der Waals surface area contributed by atoms with Crippen LogP contribution in [0.2, 0.25) is 0 Å². The van der Waals surface area contributed by atoms with Gasteiger partial charge < -0.3 is 9.63 Å². The molecule has 0 radical (unpaired) electrons. The van der Waals surface area contributed by atoms with E-state index in [2.05, 4.69) is 5.16 Å². The van der Waals surface area contributed by atoms with Crippen LogP contribution < -0.4 is 0 Å². The number of aryl methyl sites for hydroxylation is 1. The lowest BCUT2D eigenvalue weighted by Crippen LogP contribution is -2.26. The zero-order valence-electron chi connectivity index (χ0n) is 12.5. The van der Waals surface area contributed by atoms with Gasteiger partial charge in [-0.15, -0.1) is 0 Å². The second-order valence-electron chi connectivity index (χ2n) is 5.85. The molecule has 124 valence electrons. The normalized spacial score (nSPS) is 22.7. The average molecular weight is 326 g/mol. The second-order valence-corrected chi connectivity index (χ2v) is 5.85. The van der Waals surface area contributed by atoms with Crippen molar-refractivity contribution in [2.75, 3.05) is 6.54 Å². The zero-order valence-corrected chi connectivity index (χ0v) is 12.5. The highest BCUT2D eigenvalue weighted by Gasteiger charge is 2.39. The highest BCUT2D eigenvalue weighted by atomic mass is 19.4. The predicted molar refractivity (Wildman–Crippen MR) is 76.5 cm³/mol. The maximum absolute atomic E-state index is 13.2. The average Bonchev–Trinajstić information content (AvgIpc) is 3.04. The molecule has 0 aliphatic carbocycles. The van der Waals surface area contributed by atoms with E-state index in [1.54, 1.807) is 19.1 Å². The number of aliphatic hydroxyl groups is 1. The van der Waals surface area contributed by atoms with Gasteiger partial charge in [-0.2, -0.15) is 13.2 Å². The van der Waals surface area contributed by atoms with Crippen LogP contribution in [0, 0.1) is 6.92 Å². The molecule has 2 aromatic rings. The third-order valence-corrected chi connectivity index (χ3v) is 4.05. The molecule has 1 saturated heterocycles. The van der Waals surface area contributed by atoms with Crippen molar-refractivity contribution in [3.8, 4) is 0 Å². The van der Waals surface area contributed by atoms with Gasteiger partial charge in [-0.3, -0.25) is 4.90 Å². The molecule has 0 saturated carbocycles. The van der Waals surface area contributed by atoms with Crippen LogP contribution >= 0.6 is 0 Å². The van der Waals surface area contributed by atoms with Crippen molar-refractivity contribution in [2.24, 2.45) is 0 Å². The van der Waals surface area contributed by atoms with Gasteiger partial charge in [0.25, 0.3) is 0 Å². The summed E-state index contributed by atoms with van der Waals surface area (Å²) in [6.07, 6.45) is -4.81. The second kappa shape index (κ2) is 5.98. The number of halogens is 3. The predicted octanol–water partition coefficient (Wildman–Crippen LogP) is 3.31. The first-order valence-electron chi connectivity index (χ1n) is 7.35. The summed E-state index contributed by atoms with van der Waals surface area (Å²) >= 11 is 0. The quantitative estimate of drug-likeness (QED) is 0.940. The Kier molecular flexibility index (Phi) is 4.16. The molecule has 0 amide bonds. The SMILES string of the molecule is Cc1cc(CN2C[C@H](O)C[C@H]2c2ccccc2C(F)(F)F)no1. The van der Waals surface area contributed by atoms with Gasteiger partial charge in [0.2, 0.25) is 0 Å². The van der Waals surface area contributed by atoms with Crippen LogP contribution in [0.3, 0.4) is 0 Å². The van der Waals surface area contributed by atoms with E-state index in [0.29, 0.717) is 24.5 Å². The molecule has 3 rings (SSSR count). The molecule has 23 heavy (non-hydrogen) atoms. The van der Waals surface area contributed by atoms with Crippen LogP contribution in [0.5, 0.6) is 0 Å². The molecule has 1 aliphatic heterocycles. The summed E-state index contributed by atoms with van der Waals surface area (Å²) in [6, 6.07) is 6.78. The van der Waals surface area contributed by atoms with E-state index in [0.717, 1.165) is 6.07 Å². The number of rotatable bonds is 3. The van der Waals surface area contributed by atoms with Crippen LogP contribution in [0.4, 0.5) is 13.2 Å². The molecule has 1 aromatic carbocycles. The fourth-order valence-corrected chi connectivity index (χ4v) is 3.12. The fourth-order valence-electron chi connectivity index (χ4n) is 3.12. The standard InChI is InChI=1S/C16H17F3N2O2/c1-10-6-11(20-23-10)8-21-9-12(22)7-15(21)13-4-2-3-5-14(13)16(17,18)19/h2-6,12,15,22H,7-9H2,1H3/t12-,15+/m1/s1. The summed E-state index contributed by atoms with van der Waals surface area (Å²) in [5, 5.41) is 13.8. The molecular formula is C16H17F3N2O2. The Balaban J connectivity index is 1.91. The maximum atomic E-state index is 13.2. The van der Waals surface area contributed by atoms with Gasteiger partial charge in [-0.1, -0.05) is 23.4 Å². The highest BCUT2D eigenvalue weighted by Crippen LogP contribution is 2.40. The van der Waals surface area contributed by atoms with Crippen LogP contribution in [-0.2, 0) is 12.7 Å². The Morgan fingerprint density at radius 2 is 2.09 bits per heavy atom. The molecule has 0 bridgehead atoms. The smallest absolute Gasteiger partial charge is 0.392 e. The molecule has 2 atom stereocenters. The molecule has 1 N–H and O–H groups in total. The topological polar surface area (TPSA) is 49.5 Å². The molecule has 7 heteroatoms. The van der Waals surface area contributed by atoms with Crippen LogP contribution in [0.1, 0.15) is 35.0 Å². The Hall–Kier alpha value is -1.86. The molecule has 1 fully saturated rings. The van der Waals surface area contributed by atoms with Gasteiger partial charge in [0, 0.05) is 25.2 Å². The van der Waals surface area contributed by atoms with Crippen molar-refractivity contribution in [1.29, 1.82) is 0 Å². The van der Waals surface area contributed by atoms with E-state index < -0.39 is 23.9 Å². The lowest BCUT2D eigenvalue weighted by molar-refractivity contribution is -0.138. The Labute approximate surface area is 131 Å². The van der Waals surface area contributed by atoms with Crippen molar-refractivity contribution in [1.82, 2.24) is 10.1 Å². The van der Waals surface area contributed by atoms with Crippen LogP contribution in [-0.4, -0.2) is 27.8 Å². The number of hydrogen-bond acceptors (Lipinski definition) is 4. The minimum Gasteiger partial charge on any atom is -0.392 e. The summed E-state index contributed by atoms with van der Waals surface area (Å²) in [6.45, 7) is 2.40. The van der Waals surface area contributed by atoms with Gasteiger partial charge in [-0.05, 0) is 25.0 Å². The third-order valence-electron chi connectivity index (χ3n) is 4.05. The number of nitrogens with zero attached hydrogens (tertiary/aromatic N) is 2. The lowest BCUT2D eigenvalue weighted by atomic mass is 9.97. The van der Waals surface area contributed by atoms with E-state index in [1.807, 2.05) is 4.90 Å². The first-order chi connectivity index (χ1) is 10.8. The summed E-state index contributed by atoms with van der Waals surface area (Å²) in [5.41, 5.74) is 0.184. The lowest BCUT2D eigenvalue weighted by Gasteiger charge is -2.26. The van der Waals surface area contributed by atoms with E-state index in [4.69, 9.17) is 4.52 Å². The molecular weight excluding hydrogens is 309 g/mol. The molecule has 0 spiro atoms. The molecule has 4 nitrogen and oxygen atoms in total. The monoisotopic (exact) mass is 326 g/mol. The van der Waals surface area contributed by atoms with Gasteiger partial charge >= 0.3 is 6.18 Å². The summed E-state index contributed by atoms with van der Waals surface area (Å²) in [4.78, 5) is 1.81. The van der Waals surface area contributed by atoms with Crippen molar-refractivity contribution < 1.29 is 22.8 Å². The molecule has 2 heterocycles. The molecule has 1 aromatic heterocycles. The van der Waals surface area contributed by atoms with Crippen LogP contribution in [0.15, 0.2) is 34.9 Å². The highest BCUT2D eigenvalue weighted by molar-refractivity contribution is 5.33. The first kappa shape index (κ1) is 16.0. The minimum atomic E-state index is -4.42. The summed E-state index contributed by atoms with van der Waals surface area (Å²) in [5.74, 6) is 0.645. The number of aromatic nitrogens is 1. The number of benzene rings is 1. The van der Waals surface area contributed by atoms with Crippen molar-refractivity contribution in [3.05, 3.63) is 52.9 Å². The largest absolute Gasteiger partial charge is 0.416 e. The van der Waals surface area contributed by atoms with Crippen LogP contribution in [0.25, 0.3) is 0 Å². The van der Waals surface area contributed by atoms with E-state index in [-0.39, 0.29) is 12.0 Å². The number of β-amino-alcohol motifs (C(OH)–C–C–N with tert-alkyl or cyclic N) is 1. The number of hydrogen-bond donors (Lipinski definition) is 1. The summed E-state index contributed by atoms with van der Waals surface area (Å²) < 4.78 is 44.7. The maximum Gasteiger partial charge on any atom is 0.416 e. The number of alkyl halides is 3. The third kappa shape index (κ3) is 3.40. The summed E-state index contributed by atoms with van der Waals surface area (Å²) in [7, 11) is 0. The van der Waals surface area contributed by atoms with E-state index in [9.17, 15) is 18.3 Å². The van der Waals surface area contributed by atoms with Gasteiger partial charge in [-0.25, -0.2) is 0 Å². The minimum absolute atomic E-state index is 0.191. The van der Waals surface area contributed by atoms with Gasteiger partial charge in [0.15, 0.2) is 0 Å². The van der Waals surface area contributed by atoms with E-state index in [1.165, 1.54) is 12.1 Å². The van der Waals surface area contributed by atoms with E-state index >= 15 is 0 Å². The number of aliphatic hydroxyl groups excluding tert-OH is 1. The Morgan fingerprint density at radius 3 is 2.74 bits per heavy atom. The van der Waals surface area contributed by atoms with Crippen molar-refractivity contribution in [2.45, 2.75) is 38.2 Å². The van der Waals surface area contributed by atoms with Crippen molar-refractivity contribution >= 4 is 0 Å². The molecule has 0 unspecified atom stereocenters. The Morgan fingerprint density at radius 1 is 1.35 bits per heavy atom. The zero-order chi connectivity index (χ0) is 16.6.